The van der Waals surface area contributed by atoms with Gasteiger partial charge in [-0.1, -0.05) is 30.3 Å². The zero-order valence-electron chi connectivity index (χ0n) is 16.0. The highest BCUT2D eigenvalue weighted by atomic mass is 32.2. The van der Waals surface area contributed by atoms with Gasteiger partial charge in [0.2, 0.25) is 0 Å². The molecule has 0 bridgehead atoms. The zero-order chi connectivity index (χ0) is 19.5. The van der Waals surface area contributed by atoms with Crippen molar-refractivity contribution in [2.45, 2.75) is 12.7 Å². The zero-order valence-corrected chi connectivity index (χ0v) is 16.8. The van der Waals surface area contributed by atoms with E-state index in [0.717, 1.165) is 11.3 Å². The second-order valence-corrected chi connectivity index (χ2v) is 7.27. The number of ether oxygens (including phenoxy) is 2. The molecule has 6 nitrogen and oxygen atoms in total. The number of rotatable bonds is 9. The van der Waals surface area contributed by atoms with Gasteiger partial charge in [0, 0.05) is 47.7 Å². The van der Waals surface area contributed by atoms with E-state index in [2.05, 4.69) is 15.6 Å². The van der Waals surface area contributed by atoms with E-state index in [1.165, 1.54) is 0 Å². The quantitative estimate of drug-likeness (QED) is 0.509. The molecule has 0 amide bonds. The third kappa shape index (κ3) is 6.94. The number of guanidine groups is 1. The summed E-state index contributed by atoms with van der Waals surface area (Å²) in [5, 5.41) is 6.39. The first-order valence-electron chi connectivity index (χ1n) is 8.83. The molecule has 0 spiro atoms. The number of hydrogen-bond acceptors (Lipinski definition) is 4. The SMILES string of the molecule is CCOc1ccc(NC(=NC)NCCS(=O)Cc2ccccc2)cc1OC. The number of nitrogens with one attached hydrogen (secondary N) is 2. The topological polar surface area (TPSA) is 72.0 Å². The molecular formula is C20H27N3O3S. The fourth-order valence-corrected chi connectivity index (χ4v) is 3.49. The Balaban J connectivity index is 1.84. The normalized spacial score (nSPS) is 12.3. The van der Waals surface area contributed by atoms with Crippen molar-refractivity contribution in [1.29, 1.82) is 0 Å². The molecule has 0 aliphatic rings. The highest BCUT2D eigenvalue weighted by Crippen LogP contribution is 2.30. The minimum atomic E-state index is -0.928. The third-order valence-electron chi connectivity index (χ3n) is 3.74. The van der Waals surface area contributed by atoms with Crippen LogP contribution in [0.15, 0.2) is 53.5 Å². The van der Waals surface area contributed by atoms with Gasteiger partial charge < -0.3 is 20.1 Å². The van der Waals surface area contributed by atoms with Crippen LogP contribution in [0.25, 0.3) is 0 Å². The Bertz CT molecular complexity index is 766. The van der Waals surface area contributed by atoms with E-state index < -0.39 is 10.8 Å². The molecule has 146 valence electrons. The summed E-state index contributed by atoms with van der Waals surface area (Å²) in [6.07, 6.45) is 0. The fourth-order valence-electron chi connectivity index (χ4n) is 2.45. The Hall–Kier alpha value is -2.54. The molecular weight excluding hydrogens is 362 g/mol. The van der Waals surface area contributed by atoms with Crippen molar-refractivity contribution in [3.8, 4) is 11.5 Å². The van der Waals surface area contributed by atoms with E-state index in [-0.39, 0.29) is 0 Å². The van der Waals surface area contributed by atoms with Crippen molar-refractivity contribution < 1.29 is 13.7 Å². The lowest BCUT2D eigenvalue weighted by Gasteiger charge is -2.14. The van der Waals surface area contributed by atoms with Gasteiger partial charge in [-0.05, 0) is 24.6 Å². The second kappa shape index (κ2) is 11.2. The number of methoxy groups -OCH3 is 1. The third-order valence-corrected chi connectivity index (χ3v) is 5.06. The van der Waals surface area contributed by atoms with E-state index >= 15 is 0 Å². The van der Waals surface area contributed by atoms with Crippen molar-refractivity contribution >= 4 is 22.4 Å². The Labute approximate surface area is 163 Å². The Morgan fingerprint density at radius 1 is 1.15 bits per heavy atom. The summed E-state index contributed by atoms with van der Waals surface area (Å²) >= 11 is 0. The molecule has 0 saturated heterocycles. The van der Waals surface area contributed by atoms with Crippen LogP contribution in [-0.2, 0) is 16.6 Å². The van der Waals surface area contributed by atoms with Gasteiger partial charge in [0.1, 0.15) is 0 Å². The second-order valence-electron chi connectivity index (χ2n) is 5.70. The maximum absolute atomic E-state index is 12.2. The van der Waals surface area contributed by atoms with Gasteiger partial charge in [-0.3, -0.25) is 9.20 Å². The average molecular weight is 390 g/mol. The van der Waals surface area contributed by atoms with Gasteiger partial charge in [-0.15, -0.1) is 0 Å². The summed E-state index contributed by atoms with van der Waals surface area (Å²) in [5.41, 5.74) is 1.91. The smallest absolute Gasteiger partial charge is 0.195 e. The molecule has 27 heavy (non-hydrogen) atoms. The number of aliphatic imine (C=N–C) groups is 1. The molecule has 0 aliphatic carbocycles. The summed E-state index contributed by atoms with van der Waals surface area (Å²) in [5.74, 6) is 3.07. The molecule has 2 aromatic carbocycles. The molecule has 2 rings (SSSR count). The fraction of sp³-hybridized carbons (Fsp3) is 0.350. The number of nitrogens with zero attached hydrogens (tertiary/aromatic N) is 1. The standard InChI is InChI=1S/C20H27N3O3S/c1-4-26-18-11-10-17(14-19(18)25-3)23-20(21-2)22-12-13-27(24)15-16-8-6-5-7-9-16/h5-11,14H,4,12-13,15H2,1-3H3,(H2,21,22,23). The first kappa shape index (κ1) is 20.8. The molecule has 0 fully saturated rings. The Morgan fingerprint density at radius 2 is 1.93 bits per heavy atom. The van der Waals surface area contributed by atoms with Crippen LogP contribution in [-0.4, -0.2) is 43.2 Å². The van der Waals surface area contributed by atoms with Crippen molar-refractivity contribution in [3.63, 3.8) is 0 Å². The molecule has 0 saturated carbocycles. The van der Waals surface area contributed by atoms with E-state index in [9.17, 15) is 4.21 Å². The Kier molecular flexibility index (Phi) is 8.64. The van der Waals surface area contributed by atoms with Crippen LogP contribution in [0.3, 0.4) is 0 Å². The molecule has 2 N–H and O–H groups in total. The van der Waals surface area contributed by atoms with Crippen molar-refractivity contribution in [2.24, 2.45) is 4.99 Å². The van der Waals surface area contributed by atoms with Crippen LogP contribution in [0.4, 0.5) is 5.69 Å². The Morgan fingerprint density at radius 3 is 2.59 bits per heavy atom. The average Bonchev–Trinajstić information content (AvgIpc) is 2.69. The number of hydrogen-bond donors (Lipinski definition) is 2. The van der Waals surface area contributed by atoms with Gasteiger partial charge >= 0.3 is 0 Å². The predicted octanol–water partition coefficient (Wildman–Crippen LogP) is 3.03. The van der Waals surface area contributed by atoms with Crippen LogP contribution >= 0.6 is 0 Å². The van der Waals surface area contributed by atoms with Crippen molar-refractivity contribution in [1.82, 2.24) is 5.32 Å². The summed E-state index contributed by atoms with van der Waals surface area (Å²) in [6, 6.07) is 15.5. The maximum Gasteiger partial charge on any atom is 0.195 e. The van der Waals surface area contributed by atoms with E-state index in [1.54, 1.807) is 14.2 Å². The van der Waals surface area contributed by atoms with Gasteiger partial charge in [0.25, 0.3) is 0 Å². The summed E-state index contributed by atoms with van der Waals surface area (Å²) < 4.78 is 23.1. The molecule has 7 heteroatoms. The molecule has 2 aromatic rings. The molecule has 1 unspecified atom stereocenters. The van der Waals surface area contributed by atoms with Crippen molar-refractivity contribution in [3.05, 3.63) is 54.1 Å². The highest BCUT2D eigenvalue weighted by Gasteiger charge is 2.07. The van der Waals surface area contributed by atoms with Crippen molar-refractivity contribution in [2.75, 3.05) is 38.4 Å². The summed E-state index contributed by atoms with van der Waals surface area (Å²) in [6.45, 7) is 3.07. The van der Waals surface area contributed by atoms with E-state index in [1.807, 2.05) is 55.5 Å². The van der Waals surface area contributed by atoms with E-state index in [0.29, 0.717) is 42.1 Å². The number of benzene rings is 2. The molecule has 1 atom stereocenters. The van der Waals surface area contributed by atoms with Gasteiger partial charge in [0.05, 0.1) is 13.7 Å². The van der Waals surface area contributed by atoms with Gasteiger partial charge in [0.15, 0.2) is 17.5 Å². The summed E-state index contributed by atoms with van der Waals surface area (Å²) in [7, 11) is 2.38. The van der Waals surface area contributed by atoms with Crippen LogP contribution in [0.1, 0.15) is 12.5 Å². The minimum absolute atomic E-state index is 0.544. The monoisotopic (exact) mass is 389 g/mol. The maximum atomic E-state index is 12.2. The highest BCUT2D eigenvalue weighted by molar-refractivity contribution is 7.84. The van der Waals surface area contributed by atoms with E-state index in [4.69, 9.17) is 9.47 Å². The lowest BCUT2D eigenvalue weighted by Crippen LogP contribution is -2.33. The summed E-state index contributed by atoms with van der Waals surface area (Å²) in [4.78, 5) is 4.20. The lowest BCUT2D eigenvalue weighted by molar-refractivity contribution is 0.311. The lowest BCUT2D eigenvalue weighted by atomic mass is 10.2. The molecule has 0 aromatic heterocycles. The first-order chi connectivity index (χ1) is 13.2. The molecule has 0 aliphatic heterocycles. The van der Waals surface area contributed by atoms with Gasteiger partial charge in [-0.25, -0.2) is 0 Å². The first-order valence-corrected chi connectivity index (χ1v) is 10.3. The largest absolute Gasteiger partial charge is 0.493 e. The van der Waals surface area contributed by atoms with Crippen LogP contribution < -0.4 is 20.1 Å². The van der Waals surface area contributed by atoms with Crippen LogP contribution in [0.5, 0.6) is 11.5 Å². The number of anilines is 1. The van der Waals surface area contributed by atoms with Crippen LogP contribution in [0, 0.1) is 0 Å². The van der Waals surface area contributed by atoms with Crippen LogP contribution in [0.2, 0.25) is 0 Å². The predicted molar refractivity (Wildman–Crippen MR) is 112 cm³/mol. The minimum Gasteiger partial charge on any atom is -0.493 e. The molecule has 0 radical (unpaired) electrons. The van der Waals surface area contributed by atoms with Gasteiger partial charge in [-0.2, -0.15) is 0 Å². The molecule has 0 heterocycles.